The Labute approximate surface area is 115 Å². The van der Waals surface area contributed by atoms with Crippen molar-refractivity contribution in [2.24, 2.45) is 0 Å². The number of anilines is 1. The second-order valence-corrected chi connectivity index (χ2v) is 5.20. The fourth-order valence-corrected chi connectivity index (χ4v) is 1.38. The first-order valence-corrected chi connectivity index (χ1v) is 6.05. The fourth-order valence-electron chi connectivity index (χ4n) is 1.38. The molecule has 0 aliphatic rings. The van der Waals surface area contributed by atoms with Crippen LogP contribution in [0, 0.1) is 0 Å². The van der Waals surface area contributed by atoms with E-state index in [1.54, 1.807) is 32.9 Å². The van der Waals surface area contributed by atoms with Crippen LogP contribution < -0.4 is 5.32 Å². The summed E-state index contributed by atoms with van der Waals surface area (Å²) in [7, 11) is 0. The monoisotopic (exact) mass is 286 g/mol. The van der Waals surface area contributed by atoms with E-state index >= 15 is 0 Å². The Morgan fingerprint density at radius 2 is 1.85 bits per heavy atom. The van der Waals surface area contributed by atoms with Gasteiger partial charge in [0.2, 0.25) is 0 Å². The molecule has 1 amide bonds. The molecule has 3 nitrogen and oxygen atoms in total. The van der Waals surface area contributed by atoms with E-state index in [9.17, 15) is 17.7 Å². The van der Waals surface area contributed by atoms with Crippen LogP contribution in [0.25, 0.3) is 6.08 Å². The Hall–Kier alpha value is -1.92. The molecular formula is C13H16BF3NO2-. The van der Waals surface area contributed by atoms with Crippen molar-refractivity contribution in [1.29, 1.82) is 0 Å². The van der Waals surface area contributed by atoms with Crippen LogP contribution in [0.2, 0.25) is 0 Å². The molecule has 0 aliphatic heterocycles. The van der Waals surface area contributed by atoms with Gasteiger partial charge in [0, 0.05) is 0 Å². The highest BCUT2D eigenvalue weighted by Crippen LogP contribution is 2.20. The van der Waals surface area contributed by atoms with Crippen molar-refractivity contribution in [3.8, 4) is 0 Å². The summed E-state index contributed by atoms with van der Waals surface area (Å²) in [5.41, 5.74) is -0.153. The number of hydrogen-bond acceptors (Lipinski definition) is 2. The maximum Gasteiger partial charge on any atom is 0.502 e. The molecule has 0 heterocycles. The largest absolute Gasteiger partial charge is 0.502 e. The second-order valence-electron chi connectivity index (χ2n) is 5.20. The molecule has 0 aromatic heterocycles. The summed E-state index contributed by atoms with van der Waals surface area (Å²) in [5.74, 6) is 0.176. The zero-order chi connectivity index (χ0) is 15.4. The first-order valence-electron chi connectivity index (χ1n) is 6.05. The van der Waals surface area contributed by atoms with Crippen molar-refractivity contribution >= 4 is 24.8 Å². The van der Waals surface area contributed by atoms with E-state index in [0.29, 0.717) is 0 Å². The number of para-hydroxylation sites is 1. The summed E-state index contributed by atoms with van der Waals surface area (Å²) in [4.78, 5) is 11.6. The van der Waals surface area contributed by atoms with Crippen molar-refractivity contribution in [2.45, 2.75) is 26.4 Å². The predicted molar refractivity (Wildman–Crippen MR) is 74.4 cm³/mol. The Morgan fingerprint density at radius 1 is 1.25 bits per heavy atom. The minimum absolute atomic E-state index is 0.176. The molecule has 0 spiro atoms. The Morgan fingerprint density at radius 3 is 2.40 bits per heavy atom. The van der Waals surface area contributed by atoms with Gasteiger partial charge in [-0.15, -0.1) is 5.98 Å². The van der Waals surface area contributed by atoms with Gasteiger partial charge in [-0.2, -0.15) is 0 Å². The van der Waals surface area contributed by atoms with Gasteiger partial charge in [-0.1, -0.05) is 24.3 Å². The van der Waals surface area contributed by atoms with Crippen LogP contribution in [0.15, 0.2) is 30.2 Å². The molecule has 1 aromatic rings. The molecule has 1 aromatic carbocycles. The zero-order valence-corrected chi connectivity index (χ0v) is 11.5. The van der Waals surface area contributed by atoms with Crippen LogP contribution in [-0.4, -0.2) is 18.7 Å². The molecule has 0 saturated carbocycles. The highest BCUT2D eigenvalue weighted by atomic mass is 19.4. The lowest BCUT2D eigenvalue weighted by Gasteiger charge is -2.20. The van der Waals surface area contributed by atoms with Gasteiger partial charge >= 0.3 is 13.1 Å². The van der Waals surface area contributed by atoms with E-state index in [0.717, 1.165) is 6.08 Å². The van der Waals surface area contributed by atoms with Crippen LogP contribution in [0.1, 0.15) is 26.3 Å². The van der Waals surface area contributed by atoms with Gasteiger partial charge in [0.25, 0.3) is 0 Å². The predicted octanol–water partition coefficient (Wildman–Crippen LogP) is 4.43. The molecule has 0 saturated heterocycles. The number of carbonyl (C=O) groups excluding carboxylic acids is 1. The first kappa shape index (κ1) is 16.1. The number of nitrogens with one attached hydrogen (secondary N) is 1. The molecule has 20 heavy (non-hydrogen) atoms. The summed E-state index contributed by atoms with van der Waals surface area (Å²) in [6, 6.07) is 6.18. The maximum atomic E-state index is 12.2. The van der Waals surface area contributed by atoms with Crippen LogP contribution >= 0.6 is 0 Å². The Kier molecular flexibility index (Phi) is 4.86. The highest BCUT2D eigenvalue weighted by Gasteiger charge is 2.18. The lowest BCUT2D eigenvalue weighted by molar-refractivity contribution is 0.0636. The third-order valence-electron chi connectivity index (χ3n) is 2.09. The minimum atomic E-state index is -5.02. The lowest BCUT2D eigenvalue weighted by atomic mass is 9.90. The summed E-state index contributed by atoms with van der Waals surface area (Å²) >= 11 is 0. The second kappa shape index (κ2) is 6.03. The van der Waals surface area contributed by atoms with Crippen molar-refractivity contribution in [1.82, 2.24) is 0 Å². The molecular weight excluding hydrogens is 270 g/mol. The molecule has 0 radical (unpaired) electrons. The topological polar surface area (TPSA) is 38.3 Å². The van der Waals surface area contributed by atoms with Gasteiger partial charge in [-0.05, 0) is 32.4 Å². The van der Waals surface area contributed by atoms with Crippen LogP contribution in [-0.2, 0) is 4.74 Å². The number of rotatable bonds is 3. The van der Waals surface area contributed by atoms with E-state index in [-0.39, 0.29) is 17.2 Å². The number of hydrogen-bond donors (Lipinski definition) is 1. The quantitative estimate of drug-likeness (QED) is 0.834. The van der Waals surface area contributed by atoms with Crippen molar-refractivity contribution in [2.75, 3.05) is 5.32 Å². The molecule has 7 heteroatoms. The number of ether oxygens (including phenoxy) is 1. The Balaban J connectivity index is 2.86. The molecule has 0 atom stereocenters. The smallest absolute Gasteiger partial charge is 0.445 e. The normalized spacial score (nSPS) is 12.5. The number of halogens is 3. The summed E-state index contributed by atoms with van der Waals surface area (Å²) in [6.45, 7) is 0.0803. The molecule has 0 bridgehead atoms. The maximum absolute atomic E-state index is 12.2. The number of amides is 1. The van der Waals surface area contributed by atoms with Crippen molar-refractivity contribution in [3.05, 3.63) is 35.8 Å². The number of benzene rings is 1. The van der Waals surface area contributed by atoms with E-state index in [1.165, 1.54) is 12.1 Å². The van der Waals surface area contributed by atoms with Gasteiger partial charge in [0.1, 0.15) is 5.60 Å². The molecule has 1 N–H and O–H groups in total. The van der Waals surface area contributed by atoms with E-state index in [4.69, 9.17) is 4.74 Å². The van der Waals surface area contributed by atoms with Crippen LogP contribution in [0.5, 0.6) is 0 Å². The van der Waals surface area contributed by atoms with Gasteiger partial charge < -0.3 is 17.7 Å². The average molecular weight is 286 g/mol. The third kappa shape index (κ3) is 6.31. The molecule has 1 rings (SSSR count). The number of carbonyl (C=O) groups is 1. The van der Waals surface area contributed by atoms with Crippen molar-refractivity contribution < 1.29 is 22.5 Å². The lowest BCUT2D eigenvalue weighted by Crippen LogP contribution is -2.27. The summed E-state index contributed by atoms with van der Waals surface area (Å²) < 4.78 is 41.7. The fraction of sp³-hybridized carbons (Fsp3) is 0.308. The van der Waals surface area contributed by atoms with Gasteiger partial charge in [-0.3, -0.25) is 5.32 Å². The van der Waals surface area contributed by atoms with E-state index in [1.807, 2.05) is 0 Å². The SMILES string of the molecule is CC(C)(C)OC(=O)Nc1ccccc1/C=C/[B-](F)(F)F. The van der Waals surface area contributed by atoms with Gasteiger partial charge in [0.15, 0.2) is 0 Å². The third-order valence-corrected chi connectivity index (χ3v) is 2.09. The summed E-state index contributed by atoms with van der Waals surface area (Å²) in [5, 5.41) is 2.43. The molecule has 0 aliphatic carbocycles. The molecule has 110 valence electrons. The summed E-state index contributed by atoms with van der Waals surface area (Å²) in [6.07, 6.45) is 0.211. The zero-order valence-electron chi connectivity index (χ0n) is 11.5. The van der Waals surface area contributed by atoms with E-state index in [2.05, 4.69) is 5.32 Å². The van der Waals surface area contributed by atoms with Gasteiger partial charge in [0.05, 0.1) is 5.69 Å². The Bertz CT molecular complexity index is 507. The van der Waals surface area contributed by atoms with Crippen LogP contribution in [0.4, 0.5) is 23.4 Å². The first-order chi connectivity index (χ1) is 9.07. The van der Waals surface area contributed by atoms with Crippen LogP contribution in [0.3, 0.4) is 0 Å². The highest BCUT2D eigenvalue weighted by molar-refractivity contribution is 6.64. The van der Waals surface area contributed by atoms with E-state index < -0.39 is 18.7 Å². The van der Waals surface area contributed by atoms with Gasteiger partial charge in [-0.25, -0.2) is 4.79 Å². The average Bonchev–Trinajstić information content (AvgIpc) is 2.24. The minimum Gasteiger partial charge on any atom is -0.445 e. The standard InChI is InChI=1S/C13H16BF3NO2/c1-13(2,3)20-12(19)18-11-7-5-4-6-10(11)8-9-14(15,16)17/h4-9H,1-3H3,(H,18,19)/q-1/b9-8+. The molecule has 0 fully saturated rings. The van der Waals surface area contributed by atoms with Crippen molar-refractivity contribution in [3.63, 3.8) is 0 Å². The molecule has 0 unspecified atom stereocenters.